The van der Waals surface area contributed by atoms with Crippen molar-refractivity contribution in [2.45, 2.75) is 51.4 Å². The van der Waals surface area contributed by atoms with E-state index < -0.39 is 0 Å². The summed E-state index contributed by atoms with van der Waals surface area (Å²) in [7, 11) is 0. The molecule has 1 aliphatic carbocycles. The smallest absolute Gasteiger partial charge is 0.235 e. The number of para-hydroxylation sites is 1. The topological polar surface area (TPSA) is 35.6 Å². The van der Waals surface area contributed by atoms with Crippen LogP contribution in [0.5, 0.6) is 0 Å². The molecule has 3 aromatic heterocycles. The van der Waals surface area contributed by atoms with Gasteiger partial charge in [0, 0.05) is 43.6 Å². The molecule has 0 saturated heterocycles. The molecule has 0 bridgehead atoms. The minimum Gasteiger partial charge on any atom is -0.309 e. The first-order valence-electron chi connectivity index (χ1n) is 22.6. The van der Waals surface area contributed by atoms with E-state index in [0.717, 1.165) is 68.1 Å². The quantitative estimate of drug-likeness (QED) is 0.166. The van der Waals surface area contributed by atoms with E-state index in [1.54, 1.807) is 0 Å². The third-order valence-electron chi connectivity index (χ3n) is 14.6. The van der Waals surface area contributed by atoms with Crippen molar-refractivity contribution in [1.29, 1.82) is 0 Å². The normalized spacial score (nSPS) is 14.7. The van der Waals surface area contributed by atoms with Crippen LogP contribution in [0.4, 0.5) is 0 Å². The molecule has 9 aromatic carbocycles. The Morgan fingerprint density at radius 2 is 0.969 bits per heavy atom. The summed E-state index contributed by atoms with van der Waals surface area (Å²) in [5.41, 5.74) is 14.1. The van der Waals surface area contributed by atoms with Crippen LogP contribution >= 0.6 is 0 Å². The molecule has 4 nitrogen and oxygen atoms in total. The fraction of sp³-hybridized carbons (Fsp3) is 0.133. The van der Waals surface area contributed by atoms with Crippen molar-refractivity contribution in [3.63, 3.8) is 0 Å². The molecule has 3 heterocycles. The van der Waals surface area contributed by atoms with Crippen LogP contribution < -0.4 is 0 Å². The third kappa shape index (κ3) is 5.42. The van der Waals surface area contributed by atoms with Crippen molar-refractivity contribution in [2.24, 2.45) is 0 Å². The Morgan fingerprint density at radius 1 is 0.391 bits per heavy atom. The molecule has 0 radical (unpaired) electrons. The lowest BCUT2D eigenvalue weighted by Crippen LogP contribution is -2.33. The highest BCUT2D eigenvalue weighted by Gasteiger charge is 2.38. The van der Waals surface area contributed by atoms with Gasteiger partial charge >= 0.3 is 0 Å². The van der Waals surface area contributed by atoms with Gasteiger partial charge in [0.1, 0.15) is 0 Å². The second-order valence-electron chi connectivity index (χ2n) is 19.3. The summed E-state index contributed by atoms with van der Waals surface area (Å²) in [5, 5.41) is 10.6. The van der Waals surface area contributed by atoms with E-state index in [2.05, 4.69) is 219 Å². The molecule has 0 unspecified atom stereocenters. The van der Waals surface area contributed by atoms with Gasteiger partial charge in [-0.2, -0.15) is 0 Å². The lowest BCUT2D eigenvalue weighted by molar-refractivity contribution is 0.332. The fourth-order valence-electron chi connectivity index (χ4n) is 11.1. The van der Waals surface area contributed by atoms with Gasteiger partial charge in [-0.15, -0.1) is 0 Å². The maximum absolute atomic E-state index is 5.67. The molecule has 64 heavy (non-hydrogen) atoms. The highest BCUT2D eigenvalue weighted by molar-refractivity contribution is 6.25. The summed E-state index contributed by atoms with van der Waals surface area (Å²) in [6.07, 6.45) is 2.32. The number of hydrogen-bond donors (Lipinski definition) is 0. The SMILES string of the molecule is CC1(C)CCC(C)(C)c2cc3c(cc21)c1cc2c(cc1n3-c1ccccc1)c1c3ccccc3ccc1n2-c1nc(-c2cccc(-c3ccccc3)c2)c2ccc3ccccc3c2n1. The van der Waals surface area contributed by atoms with Crippen LogP contribution in [0.3, 0.4) is 0 Å². The van der Waals surface area contributed by atoms with Crippen molar-refractivity contribution in [2.75, 3.05) is 0 Å². The number of fused-ring (bicyclic) bond motifs is 12. The Morgan fingerprint density at radius 3 is 1.75 bits per heavy atom. The van der Waals surface area contributed by atoms with Crippen molar-refractivity contribution >= 4 is 76.1 Å². The molecule has 0 spiro atoms. The van der Waals surface area contributed by atoms with Crippen LogP contribution in [-0.4, -0.2) is 19.1 Å². The summed E-state index contributed by atoms with van der Waals surface area (Å²) >= 11 is 0. The average molecular weight is 823 g/mol. The predicted octanol–water partition coefficient (Wildman–Crippen LogP) is 15.8. The Bertz CT molecular complexity index is 3890. The highest BCUT2D eigenvalue weighted by Crippen LogP contribution is 2.50. The zero-order valence-electron chi connectivity index (χ0n) is 36.5. The molecule has 13 rings (SSSR count). The van der Waals surface area contributed by atoms with Gasteiger partial charge in [0.25, 0.3) is 0 Å². The summed E-state index contributed by atoms with van der Waals surface area (Å²) in [6.45, 7) is 9.71. The van der Waals surface area contributed by atoms with E-state index >= 15 is 0 Å². The largest absolute Gasteiger partial charge is 0.309 e. The fourth-order valence-corrected chi connectivity index (χ4v) is 11.1. The first-order valence-corrected chi connectivity index (χ1v) is 22.6. The van der Waals surface area contributed by atoms with Crippen molar-refractivity contribution < 1.29 is 0 Å². The van der Waals surface area contributed by atoms with Gasteiger partial charge in [0.2, 0.25) is 5.95 Å². The number of benzene rings is 9. The van der Waals surface area contributed by atoms with Crippen molar-refractivity contribution in [1.82, 2.24) is 19.1 Å². The van der Waals surface area contributed by atoms with Gasteiger partial charge in [-0.05, 0) is 117 Å². The summed E-state index contributed by atoms with van der Waals surface area (Å²) in [4.78, 5) is 11.3. The van der Waals surface area contributed by atoms with Crippen LogP contribution in [0, 0.1) is 0 Å². The van der Waals surface area contributed by atoms with Gasteiger partial charge in [-0.1, -0.05) is 155 Å². The molecule has 0 fully saturated rings. The van der Waals surface area contributed by atoms with E-state index in [0.29, 0.717) is 5.95 Å². The predicted molar refractivity (Wildman–Crippen MR) is 269 cm³/mol. The number of hydrogen-bond acceptors (Lipinski definition) is 2. The van der Waals surface area contributed by atoms with Gasteiger partial charge in [-0.25, -0.2) is 9.97 Å². The third-order valence-corrected chi connectivity index (χ3v) is 14.6. The lowest BCUT2D eigenvalue weighted by Gasteiger charge is -2.42. The van der Waals surface area contributed by atoms with E-state index in [9.17, 15) is 0 Å². The molecule has 4 heteroatoms. The molecular formula is C60H46N4. The average Bonchev–Trinajstić information content (AvgIpc) is 3.83. The molecule has 0 aliphatic heterocycles. The van der Waals surface area contributed by atoms with E-state index in [-0.39, 0.29) is 10.8 Å². The molecule has 0 saturated carbocycles. The van der Waals surface area contributed by atoms with E-state index in [4.69, 9.17) is 9.97 Å². The lowest BCUT2D eigenvalue weighted by atomic mass is 9.63. The minimum atomic E-state index is 0.0635. The number of aromatic nitrogens is 4. The zero-order valence-corrected chi connectivity index (χ0v) is 36.5. The maximum atomic E-state index is 5.67. The summed E-state index contributed by atoms with van der Waals surface area (Å²) < 4.78 is 4.85. The maximum Gasteiger partial charge on any atom is 0.235 e. The second-order valence-corrected chi connectivity index (χ2v) is 19.3. The Kier molecular flexibility index (Phi) is 7.80. The van der Waals surface area contributed by atoms with Crippen LogP contribution in [-0.2, 0) is 10.8 Å². The molecule has 0 N–H and O–H groups in total. The monoisotopic (exact) mass is 822 g/mol. The summed E-state index contributed by atoms with van der Waals surface area (Å²) in [5.74, 6) is 0.658. The van der Waals surface area contributed by atoms with Gasteiger partial charge in [0.05, 0.1) is 33.3 Å². The van der Waals surface area contributed by atoms with Crippen LogP contribution in [0.2, 0.25) is 0 Å². The van der Waals surface area contributed by atoms with Gasteiger partial charge in [0.15, 0.2) is 0 Å². The Balaban J connectivity index is 1.19. The van der Waals surface area contributed by atoms with Crippen molar-refractivity contribution in [3.8, 4) is 34.0 Å². The highest BCUT2D eigenvalue weighted by atomic mass is 15.2. The van der Waals surface area contributed by atoms with Gasteiger partial charge in [-0.3, -0.25) is 4.57 Å². The Hall–Kier alpha value is -7.56. The standard InChI is InChI=1S/C60H46N4/c1-59(2)30-31-60(3,4)50-36-54-46(33-49(50)59)47-34-53-48(35-52(47)63(54)42-22-9-6-10-23-42)55-43-24-13-11-18-38(43)27-29-51(55)64(53)58-61-56(41-21-15-20-40(32-41)37-16-7-5-8-17-37)45-28-26-39-19-12-14-25-44(39)57(45)62-58/h5-29,32-36H,30-31H2,1-4H3. The molecule has 1 aliphatic rings. The minimum absolute atomic E-state index is 0.0635. The number of nitrogens with zero attached hydrogens (tertiary/aromatic N) is 4. The first-order chi connectivity index (χ1) is 31.2. The first kappa shape index (κ1) is 37.0. The van der Waals surface area contributed by atoms with Gasteiger partial charge < -0.3 is 4.57 Å². The molecule has 306 valence electrons. The van der Waals surface area contributed by atoms with Crippen LogP contribution in [0.15, 0.2) is 182 Å². The summed E-state index contributed by atoms with van der Waals surface area (Å²) in [6, 6.07) is 66.7. The second kappa shape index (κ2) is 13.5. The molecule has 12 aromatic rings. The van der Waals surface area contributed by atoms with Crippen molar-refractivity contribution in [3.05, 3.63) is 193 Å². The van der Waals surface area contributed by atoms with Crippen LogP contribution in [0.25, 0.3) is 110 Å². The van der Waals surface area contributed by atoms with Crippen LogP contribution in [0.1, 0.15) is 51.7 Å². The van der Waals surface area contributed by atoms with E-state index in [1.807, 2.05) is 0 Å². The van der Waals surface area contributed by atoms with E-state index in [1.165, 1.54) is 60.0 Å². The number of rotatable bonds is 4. The molecular weight excluding hydrogens is 777 g/mol. The molecule has 0 atom stereocenters. The zero-order chi connectivity index (χ0) is 42.9. The Labute approximate surface area is 372 Å². The molecule has 0 amide bonds.